The second-order valence-corrected chi connectivity index (χ2v) is 15.0. The van der Waals surface area contributed by atoms with Crippen LogP contribution in [0.3, 0.4) is 0 Å². The summed E-state index contributed by atoms with van der Waals surface area (Å²) in [6, 6.07) is 77.6. The molecule has 11 rings (SSSR count). The number of benzene rings is 11. The molecule has 0 aliphatic rings. The van der Waals surface area contributed by atoms with Crippen molar-refractivity contribution in [2.75, 3.05) is 9.80 Å². The fourth-order valence-corrected chi connectivity index (χ4v) is 9.06. The Morgan fingerprint density at radius 1 is 0.305 bits per heavy atom. The second-order valence-electron chi connectivity index (χ2n) is 15.0. The number of nitrogens with zero attached hydrogens (tertiary/aromatic N) is 2. The summed E-state index contributed by atoms with van der Waals surface area (Å²) in [6.07, 6.45) is 0. The van der Waals surface area contributed by atoms with Gasteiger partial charge < -0.3 is 9.80 Å². The molecule has 0 aliphatic carbocycles. The number of halogens is 1. The van der Waals surface area contributed by atoms with Crippen LogP contribution >= 0.6 is 0 Å². The van der Waals surface area contributed by atoms with Crippen molar-refractivity contribution < 1.29 is 4.39 Å². The molecule has 0 amide bonds. The SMILES string of the molecule is Fc1cc(-c2ccccc2)cc(-c2ccccc2)c1N(c1ccccc1)c1ccc2c3ccccc3c3c(N(c4ccccc4)c4ccccc4)ccc4ccc1c2c43. The van der Waals surface area contributed by atoms with Gasteiger partial charge in [0.15, 0.2) is 0 Å². The maximum absolute atomic E-state index is 17.5. The van der Waals surface area contributed by atoms with Crippen LogP contribution in [0.1, 0.15) is 0 Å². The summed E-state index contributed by atoms with van der Waals surface area (Å²) in [5, 5.41) is 9.23. The summed E-state index contributed by atoms with van der Waals surface area (Å²) < 4.78 is 17.5. The van der Waals surface area contributed by atoms with Crippen molar-refractivity contribution in [2.45, 2.75) is 0 Å². The highest BCUT2D eigenvalue weighted by Crippen LogP contribution is 2.52. The van der Waals surface area contributed by atoms with Gasteiger partial charge >= 0.3 is 0 Å². The lowest BCUT2D eigenvalue weighted by molar-refractivity contribution is 0.630. The highest BCUT2D eigenvalue weighted by atomic mass is 19.1. The van der Waals surface area contributed by atoms with Gasteiger partial charge in [0.1, 0.15) is 5.82 Å². The fourth-order valence-electron chi connectivity index (χ4n) is 9.06. The van der Waals surface area contributed by atoms with Gasteiger partial charge in [-0.05, 0) is 98.9 Å². The first kappa shape index (κ1) is 34.5. The number of hydrogen-bond donors (Lipinski definition) is 0. The van der Waals surface area contributed by atoms with Crippen LogP contribution in [-0.2, 0) is 0 Å². The van der Waals surface area contributed by atoms with E-state index < -0.39 is 0 Å². The zero-order chi connectivity index (χ0) is 39.3. The van der Waals surface area contributed by atoms with Crippen LogP contribution < -0.4 is 9.80 Å². The molecular formula is C56H37FN2. The van der Waals surface area contributed by atoms with Crippen LogP contribution in [0, 0.1) is 5.82 Å². The molecule has 59 heavy (non-hydrogen) atoms. The molecule has 0 saturated carbocycles. The van der Waals surface area contributed by atoms with Crippen LogP contribution in [0.25, 0.3) is 65.3 Å². The van der Waals surface area contributed by atoms with E-state index in [2.05, 4.69) is 161 Å². The molecule has 0 atom stereocenters. The van der Waals surface area contributed by atoms with Gasteiger partial charge in [-0.3, -0.25) is 0 Å². The Morgan fingerprint density at radius 2 is 0.780 bits per heavy atom. The minimum absolute atomic E-state index is 0.297. The van der Waals surface area contributed by atoms with E-state index in [1.165, 1.54) is 21.5 Å². The summed E-state index contributed by atoms with van der Waals surface area (Å²) in [6.45, 7) is 0. The molecule has 11 aromatic carbocycles. The average molecular weight is 757 g/mol. The van der Waals surface area contributed by atoms with Crippen molar-refractivity contribution in [3.63, 3.8) is 0 Å². The summed E-state index contributed by atoms with van der Waals surface area (Å²) >= 11 is 0. The molecule has 11 aromatic rings. The highest BCUT2D eigenvalue weighted by Gasteiger charge is 2.27. The van der Waals surface area contributed by atoms with Gasteiger partial charge in [-0.25, -0.2) is 4.39 Å². The predicted octanol–water partition coefficient (Wildman–Crippen LogP) is 16.1. The van der Waals surface area contributed by atoms with Crippen LogP contribution in [0.5, 0.6) is 0 Å². The molecule has 2 nitrogen and oxygen atoms in total. The molecule has 0 saturated heterocycles. The van der Waals surface area contributed by atoms with Gasteiger partial charge in [-0.1, -0.05) is 164 Å². The van der Waals surface area contributed by atoms with E-state index >= 15 is 4.39 Å². The van der Waals surface area contributed by atoms with Gasteiger partial charge in [-0.15, -0.1) is 0 Å². The summed E-state index contributed by atoms with van der Waals surface area (Å²) in [4.78, 5) is 4.49. The van der Waals surface area contributed by atoms with Gasteiger partial charge in [0.05, 0.1) is 17.1 Å². The molecule has 0 aliphatic heterocycles. The van der Waals surface area contributed by atoms with E-state index in [0.29, 0.717) is 5.69 Å². The second kappa shape index (κ2) is 14.3. The van der Waals surface area contributed by atoms with Crippen LogP contribution in [0.4, 0.5) is 38.5 Å². The van der Waals surface area contributed by atoms with Crippen molar-refractivity contribution in [1.29, 1.82) is 0 Å². The molecule has 3 heteroatoms. The molecular weight excluding hydrogens is 720 g/mol. The number of rotatable bonds is 8. The van der Waals surface area contributed by atoms with E-state index in [-0.39, 0.29) is 5.82 Å². The standard InChI is InChI=1S/C56H37FN2/c57-50-37-41(38-18-6-1-7-19-38)36-49(39-20-8-2-9-21-39)56(50)59(44-26-14-5-15-27-44)51-35-33-47-45-28-16-17-29-46(45)55-52(34-31-40-30-32-48(51)54(47)53(40)55)58(42-22-10-3-11-23-42)43-24-12-4-13-25-43/h1-37H. The normalized spacial score (nSPS) is 11.5. The molecule has 0 spiro atoms. The zero-order valence-corrected chi connectivity index (χ0v) is 32.1. The Morgan fingerprint density at radius 3 is 1.41 bits per heavy atom. The summed E-state index contributed by atoms with van der Waals surface area (Å²) in [5.74, 6) is -0.297. The highest BCUT2D eigenvalue weighted by molar-refractivity contribution is 6.37. The quantitative estimate of drug-likeness (QED) is 0.113. The van der Waals surface area contributed by atoms with Gasteiger partial charge in [0.2, 0.25) is 0 Å². The largest absolute Gasteiger partial charge is 0.310 e. The van der Waals surface area contributed by atoms with Gasteiger partial charge in [-0.2, -0.15) is 0 Å². The van der Waals surface area contributed by atoms with E-state index in [9.17, 15) is 0 Å². The van der Waals surface area contributed by atoms with Crippen molar-refractivity contribution >= 4 is 77.2 Å². The molecule has 0 N–H and O–H groups in total. The molecule has 278 valence electrons. The van der Waals surface area contributed by atoms with Crippen LogP contribution in [0.2, 0.25) is 0 Å². The lowest BCUT2D eigenvalue weighted by Gasteiger charge is -2.31. The molecule has 0 heterocycles. The summed E-state index contributed by atoms with van der Waals surface area (Å²) in [7, 11) is 0. The lowest BCUT2D eigenvalue weighted by atomic mass is 9.87. The predicted molar refractivity (Wildman–Crippen MR) is 248 cm³/mol. The molecule has 0 radical (unpaired) electrons. The molecule has 0 unspecified atom stereocenters. The van der Waals surface area contributed by atoms with E-state index in [1.54, 1.807) is 6.07 Å². The van der Waals surface area contributed by atoms with Gasteiger partial charge in [0.25, 0.3) is 0 Å². The minimum Gasteiger partial charge on any atom is -0.310 e. The number of anilines is 6. The molecule has 0 fully saturated rings. The first-order chi connectivity index (χ1) is 29.2. The topological polar surface area (TPSA) is 6.48 Å². The monoisotopic (exact) mass is 756 g/mol. The van der Waals surface area contributed by atoms with E-state index in [1.807, 2.05) is 66.7 Å². The smallest absolute Gasteiger partial charge is 0.148 e. The maximum atomic E-state index is 17.5. The zero-order valence-electron chi connectivity index (χ0n) is 32.1. The minimum atomic E-state index is -0.297. The van der Waals surface area contributed by atoms with Crippen molar-refractivity contribution in [3.8, 4) is 22.3 Å². The van der Waals surface area contributed by atoms with Crippen LogP contribution in [-0.4, -0.2) is 0 Å². The Balaban J connectivity index is 1.25. The third-order valence-corrected chi connectivity index (χ3v) is 11.6. The first-order valence-electron chi connectivity index (χ1n) is 20.0. The number of para-hydroxylation sites is 3. The Labute approximate surface area is 342 Å². The van der Waals surface area contributed by atoms with Crippen molar-refractivity contribution in [2.24, 2.45) is 0 Å². The Kier molecular flexibility index (Phi) is 8.37. The summed E-state index contributed by atoms with van der Waals surface area (Å²) in [5.41, 5.74) is 9.08. The fraction of sp³-hybridized carbons (Fsp3) is 0. The Bertz CT molecular complexity index is 3220. The van der Waals surface area contributed by atoms with E-state index in [4.69, 9.17) is 0 Å². The average Bonchev–Trinajstić information content (AvgIpc) is 3.31. The van der Waals surface area contributed by atoms with Gasteiger partial charge in [0, 0.05) is 44.2 Å². The van der Waals surface area contributed by atoms with Crippen molar-refractivity contribution in [3.05, 3.63) is 230 Å². The number of hydrogen-bond acceptors (Lipinski definition) is 2. The molecule has 0 aromatic heterocycles. The Hall–Kier alpha value is -7.75. The third-order valence-electron chi connectivity index (χ3n) is 11.6. The first-order valence-corrected chi connectivity index (χ1v) is 20.0. The molecule has 0 bridgehead atoms. The third kappa shape index (κ3) is 5.78. The van der Waals surface area contributed by atoms with E-state index in [0.717, 1.165) is 72.2 Å². The number of fused-ring (bicyclic) bond motifs is 3. The van der Waals surface area contributed by atoms with Crippen LogP contribution in [0.15, 0.2) is 224 Å². The van der Waals surface area contributed by atoms with Crippen molar-refractivity contribution in [1.82, 2.24) is 0 Å². The maximum Gasteiger partial charge on any atom is 0.148 e. The lowest BCUT2D eigenvalue weighted by Crippen LogP contribution is -2.14.